The highest BCUT2D eigenvalue weighted by molar-refractivity contribution is 5.29. The van der Waals surface area contributed by atoms with E-state index in [1.165, 1.54) is 16.7 Å². The van der Waals surface area contributed by atoms with Gasteiger partial charge in [-0.1, -0.05) is 66.7 Å². The Balaban J connectivity index is 1.98. The fraction of sp³-hybridized carbons (Fsp3) is 0.300. The Labute approximate surface area is 128 Å². The minimum atomic E-state index is 0.447. The highest BCUT2D eigenvalue weighted by atomic mass is 14.5. The summed E-state index contributed by atoms with van der Waals surface area (Å²) >= 11 is 0. The van der Waals surface area contributed by atoms with Crippen molar-refractivity contribution >= 4 is 0 Å². The summed E-state index contributed by atoms with van der Waals surface area (Å²) in [5.74, 6) is 0.447. The van der Waals surface area contributed by atoms with Crippen LogP contribution in [0.5, 0.6) is 0 Å². The maximum absolute atomic E-state index is 5.71. The highest BCUT2D eigenvalue weighted by Gasteiger charge is 2.06. The summed E-state index contributed by atoms with van der Waals surface area (Å²) in [5.41, 5.74) is 9.87. The summed E-state index contributed by atoms with van der Waals surface area (Å²) in [6.07, 6.45) is 7.56. The molecule has 21 heavy (non-hydrogen) atoms. The summed E-state index contributed by atoms with van der Waals surface area (Å²) in [6.45, 7) is 2.79. The molecule has 0 spiro atoms. The molecule has 0 aliphatic heterocycles. The third-order valence-electron chi connectivity index (χ3n) is 3.86. The van der Waals surface area contributed by atoms with Crippen LogP contribution in [0.3, 0.4) is 0 Å². The molecule has 2 aromatic rings. The average Bonchev–Trinajstić information content (AvgIpc) is 2.54. The lowest BCUT2D eigenvalue weighted by molar-refractivity contribution is 0.746. The summed E-state index contributed by atoms with van der Waals surface area (Å²) in [4.78, 5) is 0. The van der Waals surface area contributed by atoms with E-state index in [-0.39, 0.29) is 0 Å². The first-order valence-corrected chi connectivity index (χ1v) is 7.79. The second-order valence-electron chi connectivity index (χ2n) is 5.44. The lowest BCUT2D eigenvalue weighted by Gasteiger charge is -2.12. The number of hydrogen-bond acceptors (Lipinski definition) is 1. The van der Waals surface area contributed by atoms with Crippen LogP contribution >= 0.6 is 0 Å². The van der Waals surface area contributed by atoms with Crippen molar-refractivity contribution in [2.75, 3.05) is 6.54 Å². The molecule has 1 atom stereocenters. The van der Waals surface area contributed by atoms with Crippen molar-refractivity contribution in [2.45, 2.75) is 32.1 Å². The number of nitrogens with two attached hydrogens (primary N) is 1. The molecule has 2 aromatic carbocycles. The van der Waals surface area contributed by atoms with Gasteiger partial charge in [0, 0.05) is 5.92 Å². The molecule has 0 aromatic heterocycles. The molecule has 0 heterocycles. The van der Waals surface area contributed by atoms with E-state index in [0.29, 0.717) is 5.92 Å². The fourth-order valence-electron chi connectivity index (χ4n) is 2.65. The van der Waals surface area contributed by atoms with Gasteiger partial charge in [0.1, 0.15) is 0 Å². The first-order chi connectivity index (χ1) is 10.3. The topological polar surface area (TPSA) is 26.0 Å². The maximum atomic E-state index is 5.71. The third-order valence-corrected chi connectivity index (χ3v) is 3.86. The van der Waals surface area contributed by atoms with Crippen molar-refractivity contribution in [2.24, 2.45) is 5.73 Å². The van der Waals surface area contributed by atoms with Crippen LogP contribution in [0.15, 0.2) is 66.7 Å². The molecule has 0 amide bonds. The molecule has 0 saturated heterocycles. The Morgan fingerprint density at radius 1 is 0.905 bits per heavy atom. The predicted molar refractivity (Wildman–Crippen MR) is 91.5 cm³/mol. The van der Waals surface area contributed by atoms with E-state index in [9.17, 15) is 0 Å². The molecule has 0 aliphatic carbocycles. The van der Waals surface area contributed by atoms with Crippen LogP contribution in [-0.4, -0.2) is 6.54 Å². The number of hydrogen-bond donors (Lipinski definition) is 1. The molecule has 1 unspecified atom stereocenters. The highest BCUT2D eigenvalue weighted by Crippen LogP contribution is 2.21. The van der Waals surface area contributed by atoms with E-state index in [0.717, 1.165) is 25.8 Å². The summed E-state index contributed by atoms with van der Waals surface area (Å²) < 4.78 is 0. The third kappa shape index (κ3) is 4.87. The van der Waals surface area contributed by atoms with Gasteiger partial charge in [-0.2, -0.15) is 0 Å². The number of benzene rings is 2. The van der Waals surface area contributed by atoms with Gasteiger partial charge >= 0.3 is 0 Å². The lowest BCUT2D eigenvalue weighted by Crippen LogP contribution is -2.05. The van der Waals surface area contributed by atoms with Crippen LogP contribution < -0.4 is 5.73 Å². The summed E-state index contributed by atoms with van der Waals surface area (Å²) in [6, 6.07) is 19.7. The second kappa shape index (κ2) is 8.43. The molecular weight excluding hydrogens is 254 g/mol. The minimum absolute atomic E-state index is 0.447. The zero-order valence-electron chi connectivity index (χ0n) is 12.8. The zero-order chi connectivity index (χ0) is 14.9. The van der Waals surface area contributed by atoms with E-state index < -0.39 is 0 Å². The van der Waals surface area contributed by atoms with Gasteiger partial charge in [-0.3, -0.25) is 0 Å². The standard InChI is InChI=1S/C20H25N/c1-2-6-19(15-16-21)20-13-11-18(12-14-20)10-9-17-7-4-3-5-8-17/h2-8,11-14,19H,9-10,15-16,21H2,1H3. The Bertz CT molecular complexity index is 540. The molecule has 0 fully saturated rings. The van der Waals surface area contributed by atoms with Crippen molar-refractivity contribution in [3.05, 3.63) is 83.4 Å². The van der Waals surface area contributed by atoms with Crippen LogP contribution in [0.1, 0.15) is 36.0 Å². The molecule has 0 bridgehead atoms. The monoisotopic (exact) mass is 279 g/mol. The quantitative estimate of drug-likeness (QED) is 0.743. The predicted octanol–water partition coefficient (Wildman–Crippen LogP) is 4.48. The van der Waals surface area contributed by atoms with Crippen LogP contribution in [0, 0.1) is 0 Å². The molecular formula is C20H25N. The minimum Gasteiger partial charge on any atom is -0.330 e. The summed E-state index contributed by atoms with van der Waals surface area (Å²) in [5, 5.41) is 0. The van der Waals surface area contributed by atoms with Crippen LogP contribution in [0.4, 0.5) is 0 Å². The van der Waals surface area contributed by atoms with Crippen molar-refractivity contribution in [3.8, 4) is 0 Å². The van der Waals surface area contributed by atoms with Crippen LogP contribution in [0.2, 0.25) is 0 Å². The summed E-state index contributed by atoms with van der Waals surface area (Å²) in [7, 11) is 0. The first-order valence-electron chi connectivity index (χ1n) is 7.79. The fourth-order valence-corrected chi connectivity index (χ4v) is 2.65. The van der Waals surface area contributed by atoms with Gasteiger partial charge in [0.25, 0.3) is 0 Å². The van der Waals surface area contributed by atoms with Crippen molar-refractivity contribution in [3.63, 3.8) is 0 Å². The number of aryl methyl sites for hydroxylation is 2. The van der Waals surface area contributed by atoms with Gasteiger partial charge in [0.2, 0.25) is 0 Å². The van der Waals surface area contributed by atoms with Crippen LogP contribution in [-0.2, 0) is 12.8 Å². The SMILES string of the molecule is CC=CC(CCN)c1ccc(CCc2ccccc2)cc1. The Morgan fingerprint density at radius 2 is 1.52 bits per heavy atom. The van der Waals surface area contributed by atoms with Gasteiger partial charge in [-0.25, -0.2) is 0 Å². The number of rotatable bonds is 7. The Morgan fingerprint density at radius 3 is 2.10 bits per heavy atom. The normalized spacial score (nSPS) is 12.7. The molecule has 110 valence electrons. The molecule has 0 aliphatic rings. The van der Waals surface area contributed by atoms with Gasteiger partial charge in [-0.05, 0) is 49.4 Å². The zero-order valence-corrected chi connectivity index (χ0v) is 12.8. The van der Waals surface area contributed by atoms with Crippen LogP contribution in [0.25, 0.3) is 0 Å². The van der Waals surface area contributed by atoms with Gasteiger partial charge in [-0.15, -0.1) is 0 Å². The molecule has 2 rings (SSSR count). The second-order valence-corrected chi connectivity index (χ2v) is 5.44. The van der Waals surface area contributed by atoms with E-state index in [1.54, 1.807) is 0 Å². The van der Waals surface area contributed by atoms with E-state index in [1.807, 2.05) is 0 Å². The maximum Gasteiger partial charge on any atom is 0.00298 e. The molecule has 1 heteroatoms. The van der Waals surface area contributed by atoms with E-state index in [4.69, 9.17) is 5.73 Å². The van der Waals surface area contributed by atoms with E-state index >= 15 is 0 Å². The molecule has 0 radical (unpaired) electrons. The lowest BCUT2D eigenvalue weighted by atomic mass is 9.93. The van der Waals surface area contributed by atoms with Crippen molar-refractivity contribution < 1.29 is 0 Å². The Hall–Kier alpha value is -1.86. The van der Waals surface area contributed by atoms with Gasteiger partial charge in [0.15, 0.2) is 0 Å². The molecule has 2 N–H and O–H groups in total. The average molecular weight is 279 g/mol. The van der Waals surface area contributed by atoms with Gasteiger partial charge in [0.05, 0.1) is 0 Å². The smallest absolute Gasteiger partial charge is 0.00298 e. The van der Waals surface area contributed by atoms with Crippen molar-refractivity contribution in [1.82, 2.24) is 0 Å². The molecule has 1 nitrogen and oxygen atoms in total. The van der Waals surface area contributed by atoms with Gasteiger partial charge < -0.3 is 5.73 Å². The molecule has 0 saturated carbocycles. The number of allylic oxidation sites excluding steroid dienone is 2. The first kappa shape index (κ1) is 15.5. The largest absolute Gasteiger partial charge is 0.330 e. The van der Waals surface area contributed by atoms with E-state index in [2.05, 4.69) is 73.7 Å². The van der Waals surface area contributed by atoms with Crippen molar-refractivity contribution in [1.29, 1.82) is 0 Å². The Kier molecular flexibility index (Phi) is 6.23.